The second-order valence-electron chi connectivity index (χ2n) is 5.95. The van der Waals surface area contributed by atoms with Crippen LogP contribution in [0.4, 0.5) is 17.5 Å². The van der Waals surface area contributed by atoms with Gasteiger partial charge < -0.3 is 10.6 Å². The van der Waals surface area contributed by atoms with Crippen molar-refractivity contribution in [1.29, 1.82) is 0 Å². The Labute approximate surface area is 153 Å². The summed E-state index contributed by atoms with van der Waals surface area (Å²) in [5, 5.41) is 6.74. The summed E-state index contributed by atoms with van der Waals surface area (Å²) in [5.74, 6) is 1.40. The van der Waals surface area contributed by atoms with E-state index in [9.17, 15) is 0 Å². The van der Waals surface area contributed by atoms with E-state index in [1.54, 1.807) is 11.8 Å². The van der Waals surface area contributed by atoms with Gasteiger partial charge >= 0.3 is 0 Å². The number of aromatic nitrogens is 2. The molecule has 25 heavy (non-hydrogen) atoms. The quantitative estimate of drug-likeness (QED) is 0.581. The van der Waals surface area contributed by atoms with Crippen molar-refractivity contribution in [3.8, 4) is 11.3 Å². The molecule has 0 radical (unpaired) electrons. The van der Waals surface area contributed by atoms with Crippen LogP contribution in [-0.2, 0) is 0 Å². The average Bonchev–Trinajstić information content (AvgIpc) is 2.62. The highest BCUT2D eigenvalue weighted by Crippen LogP contribution is 2.29. The number of thioether (sulfide) groups is 1. The van der Waals surface area contributed by atoms with Crippen LogP contribution in [0.5, 0.6) is 0 Å². The van der Waals surface area contributed by atoms with Crippen LogP contribution in [0.15, 0.2) is 65.6 Å². The monoisotopic (exact) mass is 350 g/mol. The average molecular weight is 350 g/mol. The van der Waals surface area contributed by atoms with E-state index >= 15 is 0 Å². The summed E-state index contributed by atoms with van der Waals surface area (Å²) in [5.41, 5.74) is 3.00. The van der Waals surface area contributed by atoms with Crippen LogP contribution < -0.4 is 10.6 Å². The second kappa shape index (κ2) is 8.03. The zero-order valence-corrected chi connectivity index (χ0v) is 15.5. The molecule has 0 aliphatic heterocycles. The normalized spacial score (nSPS) is 10.7. The lowest BCUT2D eigenvalue weighted by Crippen LogP contribution is -2.13. The van der Waals surface area contributed by atoms with Gasteiger partial charge in [0.25, 0.3) is 0 Å². The molecule has 0 unspecified atom stereocenters. The van der Waals surface area contributed by atoms with Crippen LogP contribution in [0.1, 0.15) is 13.8 Å². The van der Waals surface area contributed by atoms with E-state index in [0.29, 0.717) is 5.95 Å². The Morgan fingerprint density at radius 2 is 1.64 bits per heavy atom. The van der Waals surface area contributed by atoms with Crippen molar-refractivity contribution in [3.63, 3.8) is 0 Å². The summed E-state index contributed by atoms with van der Waals surface area (Å²) in [6.07, 6.45) is 2.07. The number of para-hydroxylation sites is 1. The summed E-state index contributed by atoms with van der Waals surface area (Å²) in [4.78, 5) is 10.5. The molecule has 3 rings (SSSR count). The number of hydrogen-bond donors (Lipinski definition) is 2. The largest absolute Gasteiger partial charge is 0.352 e. The fraction of sp³-hybridized carbons (Fsp3) is 0.200. The molecule has 1 aromatic heterocycles. The van der Waals surface area contributed by atoms with Gasteiger partial charge in [-0.05, 0) is 32.2 Å². The number of benzene rings is 2. The molecular formula is C20H22N4S. The summed E-state index contributed by atoms with van der Waals surface area (Å²) in [7, 11) is 0. The molecule has 0 saturated carbocycles. The third-order valence-corrected chi connectivity index (χ3v) is 4.38. The third kappa shape index (κ3) is 4.51. The first-order chi connectivity index (χ1) is 12.2. The first-order valence-electron chi connectivity index (χ1n) is 8.27. The molecule has 0 saturated heterocycles. The van der Waals surface area contributed by atoms with Crippen LogP contribution in [0.3, 0.4) is 0 Å². The summed E-state index contributed by atoms with van der Waals surface area (Å²) in [6, 6.07) is 20.6. The predicted octanol–water partition coefficient (Wildman–Crippen LogP) is 5.43. The van der Waals surface area contributed by atoms with E-state index in [-0.39, 0.29) is 6.04 Å². The molecule has 0 aliphatic carbocycles. The van der Waals surface area contributed by atoms with Crippen molar-refractivity contribution in [1.82, 2.24) is 9.97 Å². The SMILES string of the molecule is CSc1ccccc1Nc1cc(-c2ccccc2)nc(NC(C)C)n1. The van der Waals surface area contributed by atoms with Crippen LogP contribution in [0.2, 0.25) is 0 Å². The van der Waals surface area contributed by atoms with Crippen molar-refractivity contribution in [2.24, 2.45) is 0 Å². The number of nitrogens with zero attached hydrogens (tertiary/aromatic N) is 2. The van der Waals surface area contributed by atoms with Gasteiger partial charge in [-0.25, -0.2) is 4.98 Å². The standard InChI is InChI=1S/C20H22N4S/c1-14(2)21-20-23-17(15-9-5-4-6-10-15)13-19(24-20)22-16-11-7-8-12-18(16)25-3/h4-14H,1-3H3,(H2,21,22,23,24). The van der Waals surface area contributed by atoms with Gasteiger partial charge in [-0.2, -0.15) is 4.98 Å². The molecule has 1 heterocycles. The van der Waals surface area contributed by atoms with Gasteiger partial charge in [0.15, 0.2) is 0 Å². The van der Waals surface area contributed by atoms with Gasteiger partial charge in [-0.1, -0.05) is 42.5 Å². The van der Waals surface area contributed by atoms with Crippen molar-refractivity contribution in [2.75, 3.05) is 16.9 Å². The highest BCUT2D eigenvalue weighted by atomic mass is 32.2. The molecule has 0 fully saturated rings. The molecule has 128 valence electrons. The minimum Gasteiger partial charge on any atom is -0.352 e. The van der Waals surface area contributed by atoms with Gasteiger partial charge in [0.1, 0.15) is 5.82 Å². The van der Waals surface area contributed by atoms with Crippen LogP contribution in [0.25, 0.3) is 11.3 Å². The van der Waals surface area contributed by atoms with Crippen LogP contribution in [0, 0.1) is 0 Å². The summed E-state index contributed by atoms with van der Waals surface area (Å²) in [6.45, 7) is 4.16. The van der Waals surface area contributed by atoms with Crippen molar-refractivity contribution >= 4 is 29.2 Å². The first-order valence-corrected chi connectivity index (χ1v) is 9.49. The Bertz CT molecular complexity index is 834. The van der Waals surface area contributed by atoms with E-state index in [2.05, 4.69) is 65.0 Å². The maximum atomic E-state index is 4.66. The zero-order valence-electron chi connectivity index (χ0n) is 14.7. The van der Waals surface area contributed by atoms with E-state index in [0.717, 1.165) is 22.8 Å². The first kappa shape index (κ1) is 17.3. The van der Waals surface area contributed by atoms with Gasteiger partial charge in [0.05, 0.1) is 11.4 Å². The highest BCUT2D eigenvalue weighted by molar-refractivity contribution is 7.98. The topological polar surface area (TPSA) is 49.8 Å². The lowest BCUT2D eigenvalue weighted by atomic mass is 10.1. The number of rotatable bonds is 6. The lowest BCUT2D eigenvalue weighted by Gasteiger charge is -2.14. The van der Waals surface area contributed by atoms with Crippen molar-refractivity contribution in [3.05, 3.63) is 60.7 Å². The molecule has 0 atom stereocenters. The van der Waals surface area contributed by atoms with Gasteiger partial charge in [-0.15, -0.1) is 11.8 Å². The number of nitrogens with one attached hydrogen (secondary N) is 2. The van der Waals surface area contributed by atoms with E-state index in [1.807, 2.05) is 36.4 Å². The van der Waals surface area contributed by atoms with Crippen LogP contribution in [-0.4, -0.2) is 22.3 Å². The van der Waals surface area contributed by atoms with Crippen molar-refractivity contribution < 1.29 is 0 Å². The summed E-state index contributed by atoms with van der Waals surface area (Å²) >= 11 is 1.71. The molecule has 5 heteroatoms. The fourth-order valence-electron chi connectivity index (χ4n) is 2.48. The smallest absolute Gasteiger partial charge is 0.225 e. The second-order valence-corrected chi connectivity index (χ2v) is 6.80. The molecular weight excluding hydrogens is 328 g/mol. The maximum absolute atomic E-state index is 4.66. The molecule has 2 N–H and O–H groups in total. The molecule has 4 nitrogen and oxygen atoms in total. The molecule has 0 spiro atoms. The Morgan fingerprint density at radius 1 is 0.920 bits per heavy atom. The molecule has 2 aromatic carbocycles. The summed E-state index contributed by atoms with van der Waals surface area (Å²) < 4.78 is 0. The fourth-order valence-corrected chi connectivity index (χ4v) is 3.03. The van der Waals surface area contributed by atoms with Gasteiger partial charge in [0.2, 0.25) is 5.95 Å². The maximum Gasteiger partial charge on any atom is 0.225 e. The lowest BCUT2D eigenvalue weighted by molar-refractivity contribution is 0.876. The number of hydrogen-bond acceptors (Lipinski definition) is 5. The minimum atomic E-state index is 0.261. The molecule has 0 bridgehead atoms. The molecule has 0 aliphatic rings. The Balaban J connectivity index is 2.00. The van der Waals surface area contributed by atoms with Crippen molar-refractivity contribution in [2.45, 2.75) is 24.8 Å². The number of anilines is 3. The van der Waals surface area contributed by atoms with E-state index in [1.165, 1.54) is 4.90 Å². The highest BCUT2D eigenvalue weighted by Gasteiger charge is 2.09. The third-order valence-electron chi connectivity index (χ3n) is 3.58. The Morgan fingerprint density at radius 3 is 2.36 bits per heavy atom. The Hall–Kier alpha value is -2.53. The molecule has 3 aromatic rings. The molecule has 0 amide bonds. The van der Waals surface area contributed by atoms with Gasteiger partial charge in [-0.3, -0.25) is 0 Å². The van der Waals surface area contributed by atoms with Gasteiger partial charge in [0, 0.05) is 22.6 Å². The van der Waals surface area contributed by atoms with Crippen LogP contribution >= 0.6 is 11.8 Å². The Kier molecular flexibility index (Phi) is 5.56. The predicted molar refractivity (Wildman–Crippen MR) is 108 cm³/mol. The zero-order chi connectivity index (χ0) is 17.6. The van der Waals surface area contributed by atoms with E-state index < -0.39 is 0 Å². The van der Waals surface area contributed by atoms with E-state index in [4.69, 9.17) is 0 Å². The minimum absolute atomic E-state index is 0.261.